The van der Waals surface area contributed by atoms with Gasteiger partial charge in [-0.15, -0.1) is 0 Å². The highest BCUT2D eigenvalue weighted by Gasteiger charge is 2.24. The maximum Gasteiger partial charge on any atom is 0.194 e. The van der Waals surface area contributed by atoms with Crippen LogP contribution in [0.25, 0.3) is 0 Å². The zero-order valence-corrected chi connectivity index (χ0v) is 10.3. The SMILES string of the molecule is CCNCC1CCN(c2cc(F)c(F)c(F)c2)C1. The van der Waals surface area contributed by atoms with E-state index >= 15 is 0 Å². The summed E-state index contributed by atoms with van der Waals surface area (Å²) in [7, 11) is 0. The Bertz CT molecular complexity index is 400. The van der Waals surface area contributed by atoms with Crippen molar-refractivity contribution in [1.29, 1.82) is 0 Å². The quantitative estimate of drug-likeness (QED) is 0.835. The van der Waals surface area contributed by atoms with Crippen LogP contribution in [0.1, 0.15) is 13.3 Å². The second-order valence-corrected chi connectivity index (χ2v) is 4.63. The van der Waals surface area contributed by atoms with Gasteiger partial charge in [-0.1, -0.05) is 6.92 Å². The summed E-state index contributed by atoms with van der Waals surface area (Å²) in [5.74, 6) is -3.18. The van der Waals surface area contributed by atoms with E-state index in [1.54, 1.807) is 0 Å². The van der Waals surface area contributed by atoms with Crippen molar-refractivity contribution >= 4 is 5.69 Å². The van der Waals surface area contributed by atoms with E-state index in [2.05, 4.69) is 5.32 Å². The lowest BCUT2D eigenvalue weighted by Gasteiger charge is -2.19. The lowest BCUT2D eigenvalue weighted by atomic mass is 10.1. The maximum absolute atomic E-state index is 13.1. The van der Waals surface area contributed by atoms with Crippen molar-refractivity contribution in [2.75, 3.05) is 31.1 Å². The van der Waals surface area contributed by atoms with Gasteiger partial charge in [0.2, 0.25) is 0 Å². The number of halogens is 3. The second kappa shape index (κ2) is 5.61. The summed E-state index contributed by atoms with van der Waals surface area (Å²) in [6.07, 6.45) is 0.980. The molecule has 1 N–H and O–H groups in total. The van der Waals surface area contributed by atoms with Crippen LogP contribution in [0.3, 0.4) is 0 Å². The fourth-order valence-corrected chi connectivity index (χ4v) is 2.31. The highest BCUT2D eigenvalue weighted by atomic mass is 19.2. The van der Waals surface area contributed by atoms with E-state index in [0.717, 1.165) is 44.7 Å². The molecule has 0 spiro atoms. The molecule has 1 aliphatic rings. The van der Waals surface area contributed by atoms with Gasteiger partial charge in [0.1, 0.15) is 0 Å². The summed E-state index contributed by atoms with van der Waals surface area (Å²) in [4.78, 5) is 1.90. The standard InChI is InChI=1S/C13H17F3N2/c1-2-17-7-9-3-4-18(8-9)10-5-11(14)13(16)12(15)6-10/h5-6,9,17H,2-4,7-8H2,1H3. The summed E-state index contributed by atoms with van der Waals surface area (Å²) >= 11 is 0. The van der Waals surface area contributed by atoms with Crippen LogP contribution in [0, 0.1) is 23.4 Å². The lowest BCUT2D eigenvalue weighted by Crippen LogP contribution is -2.26. The Labute approximate surface area is 105 Å². The molecular weight excluding hydrogens is 241 g/mol. The molecule has 0 aromatic heterocycles. The Hall–Kier alpha value is -1.23. The minimum atomic E-state index is -1.40. The van der Waals surface area contributed by atoms with E-state index < -0.39 is 17.5 Å². The molecule has 1 aliphatic heterocycles. The number of hydrogen-bond acceptors (Lipinski definition) is 2. The van der Waals surface area contributed by atoms with Crippen LogP contribution < -0.4 is 10.2 Å². The first kappa shape index (κ1) is 13.2. The highest BCUT2D eigenvalue weighted by molar-refractivity contribution is 5.48. The van der Waals surface area contributed by atoms with Gasteiger partial charge >= 0.3 is 0 Å². The second-order valence-electron chi connectivity index (χ2n) is 4.63. The van der Waals surface area contributed by atoms with Crippen LogP contribution in [0.4, 0.5) is 18.9 Å². The first-order valence-corrected chi connectivity index (χ1v) is 6.22. The Morgan fingerprint density at radius 3 is 2.56 bits per heavy atom. The van der Waals surface area contributed by atoms with Crippen molar-refractivity contribution in [3.05, 3.63) is 29.6 Å². The zero-order valence-electron chi connectivity index (χ0n) is 10.3. The molecule has 1 heterocycles. The molecule has 1 aromatic rings. The number of anilines is 1. The number of rotatable bonds is 4. The molecule has 18 heavy (non-hydrogen) atoms. The third kappa shape index (κ3) is 2.77. The molecular formula is C13H17F3N2. The third-order valence-electron chi connectivity index (χ3n) is 3.30. The molecule has 0 radical (unpaired) electrons. The van der Waals surface area contributed by atoms with Gasteiger partial charge < -0.3 is 10.2 Å². The van der Waals surface area contributed by atoms with Gasteiger partial charge in [0.15, 0.2) is 17.5 Å². The van der Waals surface area contributed by atoms with Gasteiger partial charge in [0.25, 0.3) is 0 Å². The van der Waals surface area contributed by atoms with E-state index in [9.17, 15) is 13.2 Å². The Kier molecular flexibility index (Phi) is 4.11. The van der Waals surface area contributed by atoms with Gasteiger partial charge in [-0.25, -0.2) is 13.2 Å². The van der Waals surface area contributed by atoms with E-state index in [0.29, 0.717) is 11.6 Å². The van der Waals surface area contributed by atoms with Crippen LogP contribution in [0.15, 0.2) is 12.1 Å². The van der Waals surface area contributed by atoms with Crippen molar-refractivity contribution in [1.82, 2.24) is 5.32 Å². The van der Waals surface area contributed by atoms with Crippen LogP contribution >= 0.6 is 0 Å². The van der Waals surface area contributed by atoms with Gasteiger partial charge in [0.05, 0.1) is 0 Å². The normalized spacial score (nSPS) is 19.6. The van der Waals surface area contributed by atoms with Crippen LogP contribution in [-0.2, 0) is 0 Å². The van der Waals surface area contributed by atoms with E-state index in [4.69, 9.17) is 0 Å². The van der Waals surface area contributed by atoms with Crippen molar-refractivity contribution in [3.8, 4) is 0 Å². The number of nitrogens with one attached hydrogen (secondary N) is 1. The molecule has 0 amide bonds. The fourth-order valence-electron chi connectivity index (χ4n) is 2.31. The van der Waals surface area contributed by atoms with E-state index in [-0.39, 0.29) is 0 Å². The summed E-state index contributed by atoms with van der Waals surface area (Å²) < 4.78 is 39.1. The Morgan fingerprint density at radius 2 is 1.94 bits per heavy atom. The molecule has 5 heteroatoms. The topological polar surface area (TPSA) is 15.3 Å². The van der Waals surface area contributed by atoms with Crippen molar-refractivity contribution in [2.24, 2.45) is 5.92 Å². The molecule has 1 atom stereocenters. The summed E-state index contributed by atoms with van der Waals surface area (Å²) in [5.41, 5.74) is 0.422. The number of nitrogens with zero attached hydrogens (tertiary/aromatic N) is 1. The van der Waals surface area contributed by atoms with Crippen molar-refractivity contribution in [2.45, 2.75) is 13.3 Å². The predicted octanol–water partition coefficient (Wildman–Crippen LogP) is 2.54. The molecule has 100 valence electrons. The first-order chi connectivity index (χ1) is 8.61. The van der Waals surface area contributed by atoms with E-state index in [1.165, 1.54) is 0 Å². The molecule has 1 unspecified atom stereocenters. The third-order valence-corrected chi connectivity index (χ3v) is 3.30. The number of benzene rings is 1. The fraction of sp³-hybridized carbons (Fsp3) is 0.538. The minimum absolute atomic E-state index is 0.422. The molecule has 0 saturated carbocycles. The molecule has 1 fully saturated rings. The van der Waals surface area contributed by atoms with Crippen molar-refractivity contribution in [3.63, 3.8) is 0 Å². The maximum atomic E-state index is 13.1. The smallest absolute Gasteiger partial charge is 0.194 e. The minimum Gasteiger partial charge on any atom is -0.371 e. The Balaban J connectivity index is 2.05. The summed E-state index contributed by atoms with van der Waals surface area (Å²) in [6, 6.07) is 2.13. The van der Waals surface area contributed by atoms with Crippen molar-refractivity contribution < 1.29 is 13.2 Å². The van der Waals surface area contributed by atoms with Crippen LogP contribution in [-0.4, -0.2) is 26.2 Å². The van der Waals surface area contributed by atoms with Crippen LogP contribution in [0.5, 0.6) is 0 Å². The predicted molar refractivity (Wildman–Crippen MR) is 65.2 cm³/mol. The zero-order chi connectivity index (χ0) is 13.1. The molecule has 2 rings (SSSR count). The molecule has 0 aliphatic carbocycles. The summed E-state index contributed by atoms with van der Waals surface area (Å²) in [6.45, 7) is 5.35. The molecule has 1 saturated heterocycles. The highest BCUT2D eigenvalue weighted by Crippen LogP contribution is 2.26. The van der Waals surface area contributed by atoms with Gasteiger partial charge in [-0.2, -0.15) is 0 Å². The summed E-state index contributed by atoms with van der Waals surface area (Å²) in [5, 5.41) is 3.26. The average Bonchev–Trinajstić information content (AvgIpc) is 2.81. The molecule has 1 aromatic carbocycles. The first-order valence-electron chi connectivity index (χ1n) is 6.22. The monoisotopic (exact) mass is 258 g/mol. The van der Waals surface area contributed by atoms with Gasteiger partial charge in [-0.05, 0) is 25.4 Å². The Morgan fingerprint density at radius 1 is 1.28 bits per heavy atom. The van der Waals surface area contributed by atoms with Gasteiger partial charge in [0, 0.05) is 30.9 Å². The number of hydrogen-bond donors (Lipinski definition) is 1. The lowest BCUT2D eigenvalue weighted by molar-refractivity contribution is 0.447. The van der Waals surface area contributed by atoms with Gasteiger partial charge in [-0.3, -0.25) is 0 Å². The molecule has 2 nitrogen and oxygen atoms in total. The largest absolute Gasteiger partial charge is 0.371 e. The van der Waals surface area contributed by atoms with Crippen LogP contribution in [0.2, 0.25) is 0 Å². The average molecular weight is 258 g/mol. The van der Waals surface area contributed by atoms with E-state index in [1.807, 2.05) is 11.8 Å². The molecule has 0 bridgehead atoms.